The first kappa shape index (κ1) is 11.7. The Hall–Kier alpha value is -0.0800. The van der Waals surface area contributed by atoms with Crippen molar-refractivity contribution in [3.8, 4) is 0 Å². The van der Waals surface area contributed by atoms with Crippen molar-refractivity contribution in [1.29, 1.82) is 0 Å². The average Bonchev–Trinajstić information content (AvgIpc) is 3.07. The molecule has 2 saturated carbocycles. The molecular weight excluding hydrogens is 220 g/mol. The van der Waals surface area contributed by atoms with Crippen LogP contribution in [0, 0.1) is 29.6 Å². The number of likely N-dealkylation sites (tertiary alicyclic amines) is 1. The zero-order valence-electron chi connectivity index (χ0n) is 11.9. The first-order valence-electron chi connectivity index (χ1n) is 8.18. The van der Waals surface area contributed by atoms with Crippen LogP contribution < -0.4 is 5.32 Å². The van der Waals surface area contributed by atoms with Crippen LogP contribution in [-0.2, 0) is 0 Å². The number of fused-ring (bicyclic) bond motifs is 4. The smallest absolute Gasteiger partial charge is 0.0102 e. The van der Waals surface area contributed by atoms with E-state index in [1.807, 2.05) is 0 Å². The predicted octanol–water partition coefficient (Wildman–Crippen LogP) is 2.35. The van der Waals surface area contributed by atoms with E-state index in [2.05, 4.69) is 24.1 Å². The van der Waals surface area contributed by atoms with Crippen LogP contribution in [-0.4, -0.2) is 36.6 Å². The van der Waals surface area contributed by atoms with Crippen LogP contribution >= 0.6 is 0 Å². The molecule has 4 rings (SSSR count). The van der Waals surface area contributed by atoms with E-state index in [0.717, 1.165) is 41.7 Å². The molecule has 2 aliphatic heterocycles. The molecule has 2 nitrogen and oxygen atoms in total. The highest BCUT2D eigenvalue weighted by molar-refractivity contribution is 5.01. The second-order valence-electron chi connectivity index (χ2n) is 7.84. The molecule has 4 bridgehead atoms. The lowest BCUT2D eigenvalue weighted by Gasteiger charge is -2.36. The largest absolute Gasteiger partial charge is 0.314 e. The maximum atomic E-state index is 3.65. The Kier molecular flexibility index (Phi) is 2.74. The van der Waals surface area contributed by atoms with E-state index in [1.165, 1.54) is 45.3 Å². The van der Waals surface area contributed by atoms with E-state index in [0.29, 0.717) is 0 Å². The van der Waals surface area contributed by atoms with E-state index in [1.54, 1.807) is 0 Å². The number of hydrogen-bond donors (Lipinski definition) is 1. The molecule has 2 heteroatoms. The van der Waals surface area contributed by atoms with Crippen molar-refractivity contribution >= 4 is 0 Å². The average molecular weight is 248 g/mol. The van der Waals surface area contributed by atoms with Gasteiger partial charge in [-0.2, -0.15) is 0 Å². The lowest BCUT2D eigenvalue weighted by Crippen LogP contribution is -2.42. The van der Waals surface area contributed by atoms with Gasteiger partial charge < -0.3 is 5.32 Å². The second kappa shape index (κ2) is 4.21. The summed E-state index contributed by atoms with van der Waals surface area (Å²) in [4.78, 5) is 2.87. The van der Waals surface area contributed by atoms with Gasteiger partial charge >= 0.3 is 0 Å². The molecule has 0 aromatic heterocycles. The van der Waals surface area contributed by atoms with Gasteiger partial charge in [0.15, 0.2) is 0 Å². The summed E-state index contributed by atoms with van der Waals surface area (Å²) >= 11 is 0. The van der Waals surface area contributed by atoms with Crippen molar-refractivity contribution in [3.05, 3.63) is 0 Å². The Morgan fingerprint density at radius 3 is 2.56 bits per heavy atom. The molecule has 1 N–H and O–H groups in total. The van der Waals surface area contributed by atoms with Gasteiger partial charge in [0.2, 0.25) is 0 Å². The van der Waals surface area contributed by atoms with E-state index in [4.69, 9.17) is 0 Å². The Bertz CT molecular complexity index is 327. The first-order valence-corrected chi connectivity index (χ1v) is 8.18. The Labute approximate surface area is 111 Å². The van der Waals surface area contributed by atoms with Gasteiger partial charge in [-0.05, 0) is 61.8 Å². The maximum absolute atomic E-state index is 3.65. The summed E-state index contributed by atoms with van der Waals surface area (Å²) in [6, 6.07) is 1.83. The summed E-state index contributed by atoms with van der Waals surface area (Å²) in [7, 11) is 0. The maximum Gasteiger partial charge on any atom is 0.0102 e. The standard InChI is InChI=1S/C16H28N2/c1-10(2)16-6-15-5-13(16)9-18(15)8-12-4-14-3-11(12)7-17-14/h10-17H,3-9H2,1-2H3/t11?,12-,13?,14?,15?,16?/m0/s1. The fourth-order valence-corrected chi connectivity index (χ4v) is 5.60. The second-order valence-corrected chi connectivity index (χ2v) is 7.84. The van der Waals surface area contributed by atoms with E-state index < -0.39 is 0 Å². The topological polar surface area (TPSA) is 15.3 Å². The van der Waals surface area contributed by atoms with Gasteiger partial charge in [-0.25, -0.2) is 0 Å². The number of piperidine rings is 2. The molecule has 0 spiro atoms. The predicted molar refractivity (Wildman–Crippen MR) is 74.4 cm³/mol. The van der Waals surface area contributed by atoms with Crippen molar-refractivity contribution in [3.63, 3.8) is 0 Å². The molecular formula is C16H28N2. The molecule has 0 aromatic carbocycles. The van der Waals surface area contributed by atoms with Gasteiger partial charge in [0.05, 0.1) is 0 Å². The van der Waals surface area contributed by atoms with Crippen LogP contribution in [0.3, 0.4) is 0 Å². The van der Waals surface area contributed by atoms with Crippen LogP contribution in [0.15, 0.2) is 0 Å². The molecule has 2 saturated heterocycles. The van der Waals surface area contributed by atoms with Crippen LogP contribution in [0.2, 0.25) is 0 Å². The molecule has 0 radical (unpaired) electrons. The third-order valence-electron chi connectivity index (χ3n) is 6.55. The normalized spacial score (nSPS) is 50.8. The molecule has 4 aliphatic rings. The summed E-state index contributed by atoms with van der Waals surface area (Å²) < 4.78 is 0. The van der Waals surface area contributed by atoms with Gasteiger partial charge in [0.25, 0.3) is 0 Å². The number of nitrogens with one attached hydrogen (secondary N) is 1. The number of nitrogens with zero attached hydrogens (tertiary/aromatic N) is 1. The molecule has 102 valence electrons. The summed E-state index contributed by atoms with van der Waals surface area (Å²) in [6.07, 6.45) is 5.96. The number of rotatable bonds is 3. The van der Waals surface area contributed by atoms with Crippen molar-refractivity contribution in [1.82, 2.24) is 10.2 Å². The minimum Gasteiger partial charge on any atom is -0.314 e. The highest BCUT2D eigenvalue weighted by atomic mass is 15.2. The minimum atomic E-state index is 0.878. The van der Waals surface area contributed by atoms with Crippen LogP contribution in [0.25, 0.3) is 0 Å². The van der Waals surface area contributed by atoms with Gasteiger partial charge in [-0.1, -0.05) is 13.8 Å². The Morgan fingerprint density at radius 1 is 1.11 bits per heavy atom. The van der Waals surface area contributed by atoms with Gasteiger partial charge in [-0.15, -0.1) is 0 Å². The van der Waals surface area contributed by atoms with E-state index in [-0.39, 0.29) is 0 Å². The molecule has 4 fully saturated rings. The quantitative estimate of drug-likeness (QED) is 0.825. The first-order chi connectivity index (χ1) is 8.70. The zero-order chi connectivity index (χ0) is 12.3. The van der Waals surface area contributed by atoms with Crippen molar-refractivity contribution in [2.75, 3.05) is 19.6 Å². The minimum absolute atomic E-state index is 0.878. The van der Waals surface area contributed by atoms with Crippen LogP contribution in [0.1, 0.15) is 39.5 Å². The molecule has 2 aliphatic carbocycles. The number of hydrogen-bond acceptors (Lipinski definition) is 2. The van der Waals surface area contributed by atoms with Crippen LogP contribution in [0.5, 0.6) is 0 Å². The fraction of sp³-hybridized carbons (Fsp3) is 1.00. The molecule has 5 unspecified atom stereocenters. The van der Waals surface area contributed by atoms with Gasteiger partial charge in [0, 0.05) is 25.2 Å². The fourth-order valence-electron chi connectivity index (χ4n) is 5.60. The van der Waals surface area contributed by atoms with Gasteiger partial charge in [0.1, 0.15) is 0 Å². The summed E-state index contributed by atoms with van der Waals surface area (Å²) in [5, 5.41) is 3.65. The van der Waals surface area contributed by atoms with E-state index >= 15 is 0 Å². The molecule has 0 amide bonds. The molecule has 2 heterocycles. The highest BCUT2D eigenvalue weighted by Crippen LogP contribution is 2.47. The van der Waals surface area contributed by atoms with Crippen LogP contribution in [0.4, 0.5) is 0 Å². The third kappa shape index (κ3) is 1.76. The van der Waals surface area contributed by atoms with Crippen molar-refractivity contribution in [2.45, 2.75) is 51.6 Å². The third-order valence-corrected chi connectivity index (χ3v) is 6.55. The van der Waals surface area contributed by atoms with Gasteiger partial charge in [-0.3, -0.25) is 4.90 Å². The van der Waals surface area contributed by atoms with Crippen molar-refractivity contribution in [2.24, 2.45) is 29.6 Å². The monoisotopic (exact) mass is 248 g/mol. The lowest BCUT2D eigenvalue weighted by atomic mass is 9.84. The summed E-state index contributed by atoms with van der Waals surface area (Å²) in [6.45, 7) is 9.02. The van der Waals surface area contributed by atoms with Crippen molar-refractivity contribution < 1.29 is 0 Å². The molecule has 0 aromatic rings. The molecule has 18 heavy (non-hydrogen) atoms. The zero-order valence-corrected chi connectivity index (χ0v) is 11.9. The molecule has 6 atom stereocenters. The Morgan fingerprint density at radius 2 is 2.00 bits per heavy atom. The summed E-state index contributed by atoms with van der Waals surface area (Å²) in [5.41, 5.74) is 0. The van der Waals surface area contributed by atoms with E-state index in [9.17, 15) is 0 Å². The Balaban J connectivity index is 1.36. The lowest BCUT2D eigenvalue weighted by molar-refractivity contribution is 0.118. The highest BCUT2D eigenvalue weighted by Gasteiger charge is 2.47. The summed E-state index contributed by atoms with van der Waals surface area (Å²) in [5.74, 6) is 5.01. The SMILES string of the molecule is CC(C)C1CC2CC1CN2C[C@@H]1CC2CC1CN2.